The number of phenolic OH excluding ortho intramolecular Hbond substituents is 1. The summed E-state index contributed by atoms with van der Waals surface area (Å²) in [6.07, 6.45) is 4.05. The highest BCUT2D eigenvalue weighted by molar-refractivity contribution is 5.61. The van der Waals surface area contributed by atoms with Gasteiger partial charge < -0.3 is 14.9 Å². The van der Waals surface area contributed by atoms with Gasteiger partial charge in [-0.1, -0.05) is 18.2 Å². The monoisotopic (exact) mass is 300 g/mol. The van der Waals surface area contributed by atoms with Gasteiger partial charge in [0.15, 0.2) is 11.5 Å². The molecule has 6 heteroatoms. The lowest BCUT2D eigenvalue weighted by Gasteiger charge is -2.55. The molecule has 4 aliphatic rings. The quantitative estimate of drug-likeness (QED) is 0.602. The van der Waals surface area contributed by atoms with Crippen molar-refractivity contribution in [1.29, 1.82) is 0 Å². The van der Waals surface area contributed by atoms with Crippen molar-refractivity contribution in [3.8, 4) is 11.5 Å². The summed E-state index contributed by atoms with van der Waals surface area (Å²) in [6, 6.07) is 3.53. The number of benzene rings is 1. The van der Waals surface area contributed by atoms with Crippen molar-refractivity contribution >= 4 is 0 Å². The second-order valence-electron chi connectivity index (χ2n) is 6.69. The van der Waals surface area contributed by atoms with Crippen molar-refractivity contribution in [3.05, 3.63) is 40.3 Å². The van der Waals surface area contributed by atoms with Crippen LogP contribution >= 0.6 is 0 Å². The molecule has 0 amide bonds. The maximum absolute atomic E-state index is 11.2. The molecular formula is C16H16N2O4. The maximum Gasteiger partial charge on any atom is 0.165 e. The van der Waals surface area contributed by atoms with Crippen LogP contribution in [0, 0.1) is 10.8 Å². The molecular weight excluding hydrogens is 284 g/mol. The average molecular weight is 300 g/mol. The number of aliphatic hydroxyl groups is 1. The SMILES string of the molecule is O=NN1CC[C@]23c4c5ccc(O)c4O[C@H]2[C@@H](O)C=C[C@H]3[C@H]1C5. The second kappa shape index (κ2) is 3.81. The number of nitroso groups, excluding NO2 is 1. The van der Waals surface area contributed by atoms with Gasteiger partial charge in [-0.05, 0) is 24.5 Å². The minimum Gasteiger partial charge on any atom is -0.504 e. The number of aromatic hydroxyl groups is 1. The van der Waals surface area contributed by atoms with Gasteiger partial charge in [-0.3, -0.25) is 5.01 Å². The number of phenols is 1. The van der Waals surface area contributed by atoms with Gasteiger partial charge in [0, 0.05) is 23.4 Å². The number of piperidine rings is 1. The van der Waals surface area contributed by atoms with Gasteiger partial charge in [0.2, 0.25) is 0 Å². The molecule has 1 spiro atoms. The fourth-order valence-corrected chi connectivity index (χ4v) is 5.14. The molecule has 5 rings (SSSR count). The van der Waals surface area contributed by atoms with E-state index in [0.717, 1.165) is 11.1 Å². The van der Waals surface area contributed by atoms with Crippen molar-refractivity contribution < 1.29 is 14.9 Å². The third kappa shape index (κ3) is 1.18. The summed E-state index contributed by atoms with van der Waals surface area (Å²) in [4.78, 5) is 11.2. The highest BCUT2D eigenvalue weighted by atomic mass is 16.5. The summed E-state index contributed by atoms with van der Waals surface area (Å²) in [5.74, 6) is 0.715. The molecule has 114 valence electrons. The van der Waals surface area contributed by atoms with Gasteiger partial charge in [0.1, 0.15) is 12.2 Å². The zero-order valence-corrected chi connectivity index (χ0v) is 11.8. The highest BCUT2D eigenvalue weighted by Crippen LogP contribution is 2.62. The van der Waals surface area contributed by atoms with Crippen LogP contribution in [0.1, 0.15) is 17.5 Å². The Balaban J connectivity index is 1.82. The van der Waals surface area contributed by atoms with E-state index in [9.17, 15) is 15.1 Å². The molecule has 2 aliphatic heterocycles. The molecule has 1 fully saturated rings. The van der Waals surface area contributed by atoms with Crippen molar-refractivity contribution in [2.75, 3.05) is 6.54 Å². The Morgan fingerprint density at radius 3 is 3.05 bits per heavy atom. The highest BCUT2D eigenvalue weighted by Gasteiger charge is 2.64. The molecule has 1 saturated heterocycles. The van der Waals surface area contributed by atoms with Crippen LogP contribution in [-0.4, -0.2) is 40.0 Å². The Kier molecular flexibility index (Phi) is 2.16. The molecule has 0 unspecified atom stereocenters. The van der Waals surface area contributed by atoms with Crippen molar-refractivity contribution in [2.24, 2.45) is 11.2 Å². The lowest BCUT2D eigenvalue weighted by Crippen LogP contribution is -2.64. The molecule has 0 radical (unpaired) electrons. The number of ether oxygens (including phenoxy) is 1. The van der Waals surface area contributed by atoms with E-state index in [1.807, 2.05) is 12.1 Å². The Morgan fingerprint density at radius 2 is 2.23 bits per heavy atom. The predicted octanol–water partition coefficient (Wildman–Crippen LogP) is 1.25. The number of aliphatic hydroxyl groups excluding tert-OH is 1. The molecule has 2 bridgehead atoms. The van der Waals surface area contributed by atoms with Crippen LogP contribution in [0.2, 0.25) is 0 Å². The summed E-state index contributed by atoms with van der Waals surface area (Å²) < 4.78 is 6.01. The van der Waals surface area contributed by atoms with Crippen molar-refractivity contribution in [2.45, 2.75) is 36.5 Å². The van der Waals surface area contributed by atoms with E-state index in [-0.39, 0.29) is 23.1 Å². The van der Waals surface area contributed by atoms with Crippen LogP contribution in [0.3, 0.4) is 0 Å². The van der Waals surface area contributed by atoms with Gasteiger partial charge in [-0.25, -0.2) is 0 Å². The Morgan fingerprint density at radius 1 is 1.36 bits per heavy atom. The molecule has 6 nitrogen and oxygen atoms in total. The molecule has 2 aliphatic carbocycles. The summed E-state index contributed by atoms with van der Waals surface area (Å²) >= 11 is 0. The lowest BCUT2D eigenvalue weighted by molar-refractivity contribution is -0.0516. The Bertz CT molecular complexity index is 718. The first-order valence-corrected chi connectivity index (χ1v) is 7.65. The summed E-state index contributed by atoms with van der Waals surface area (Å²) in [5.41, 5.74) is 1.77. The van der Waals surface area contributed by atoms with Gasteiger partial charge in [-0.15, -0.1) is 4.91 Å². The van der Waals surface area contributed by atoms with Crippen molar-refractivity contribution in [1.82, 2.24) is 5.01 Å². The number of rotatable bonds is 1. The van der Waals surface area contributed by atoms with E-state index in [1.54, 1.807) is 17.2 Å². The minimum absolute atomic E-state index is 0.0101. The molecule has 1 aromatic carbocycles. The normalized spacial score (nSPS) is 40.1. The number of nitrogens with zero attached hydrogens (tertiary/aromatic N) is 2. The maximum atomic E-state index is 11.2. The van der Waals surface area contributed by atoms with E-state index in [0.29, 0.717) is 25.1 Å². The molecule has 5 atom stereocenters. The average Bonchev–Trinajstić information content (AvgIpc) is 2.87. The van der Waals surface area contributed by atoms with Gasteiger partial charge >= 0.3 is 0 Å². The number of hydrogen-bond acceptors (Lipinski definition) is 5. The third-order valence-corrected chi connectivity index (χ3v) is 5.95. The molecule has 1 aromatic rings. The molecule has 2 heterocycles. The lowest BCUT2D eigenvalue weighted by atomic mass is 9.53. The van der Waals surface area contributed by atoms with Crippen LogP contribution < -0.4 is 4.74 Å². The van der Waals surface area contributed by atoms with E-state index < -0.39 is 12.2 Å². The zero-order valence-electron chi connectivity index (χ0n) is 11.8. The predicted molar refractivity (Wildman–Crippen MR) is 77.4 cm³/mol. The third-order valence-electron chi connectivity index (χ3n) is 5.95. The summed E-state index contributed by atoms with van der Waals surface area (Å²) in [7, 11) is 0. The molecule has 2 N–H and O–H groups in total. The first kappa shape index (κ1) is 12.5. The number of hydrogen-bond donors (Lipinski definition) is 2. The summed E-state index contributed by atoms with van der Waals surface area (Å²) in [5, 5.41) is 25.4. The molecule has 0 saturated carbocycles. The Hall–Kier alpha value is -2.08. The van der Waals surface area contributed by atoms with Crippen LogP contribution in [-0.2, 0) is 11.8 Å². The standard InChI is InChI=1S/C16H16N2O4/c19-11-3-1-8-7-10-9-2-4-12(20)15-16(9,5-6-18(10)17-21)13(8)14(11)22-15/h1-4,9-10,12,15,19-20H,5-7H2/t9-,10+,12-,15-,16-/m0/s1. The fourth-order valence-electron chi connectivity index (χ4n) is 5.14. The minimum atomic E-state index is -0.703. The topological polar surface area (TPSA) is 82.4 Å². The van der Waals surface area contributed by atoms with Crippen molar-refractivity contribution in [3.63, 3.8) is 0 Å². The largest absolute Gasteiger partial charge is 0.504 e. The van der Waals surface area contributed by atoms with Gasteiger partial charge in [-0.2, -0.15) is 0 Å². The van der Waals surface area contributed by atoms with Crippen LogP contribution in [0.25, 0.3) is 0 Å². The van der Waals surface area contributed by atoms with Gasteiger partial charge in [0.05, 0.1) is 11.3 Å². The van der Waals surface area contributed by atoms with E-state index in [2.05, 4.69) is 5.29 Å². The molecule has 0 aromatic heterocycles. The smallest absolute Gasteiger partial charge is 0.165 e. The van der Waals surface area contributed by atoms with Gasteiger partial charge in [0.25, 0.3) is 0 Å². The van der Waals surface area contributed by atoms with Crippen LogP contribution in [0.5, 0.6) is 11.5 Å². The Labute approximate surface area is 126 Å². The van der Waals surface area contributed by atoms with E-state index in [4.69, 9.17) is 4.74 Å². The second-order valence-corrected chi connectivity index (χ2v) is 6.69. The summed E-state index contributed by atoms with van der Waals surface area (Å²) in [6.45, 7) is 0.555. The first-order chi connectivity index (χ1) is 10.7. The van der Waals surface area contributed by atoms with Crippen LogP contribution in [0.15, 0.2) is 29.6 Å². The zero-order chi connectivity index (χ0) is 15.1. The molecule has 22 heavy (non-hydrogen) atoms. The van der Waals surface area contributed by atoms with E-state index in [1.165, 1.54) is 0 Å². The van der Waals surface area contributed by atoms with Crippen LogP contribution in [0.4, 0.5) is 0 Å². The van der Waals surface area contributed by atoms with E-state index >= 15 is 0 Å². The fraction of sp³-hybridized carbons (Fsp3) is 0.500. The first-order valence-electron chi connectivity index (χ1n) is 7.65.